The van der Waals surface area contributed by atoms with E-state index in [0.717, 1.165) is 44.8 Å². The Labute approximate surface area is 174 Å². The molecule has 2 aliphatic rings. The van der Waals surface area contributed by atoms with Crippen molar-refractivity contribution in [3.05, 3.63) is 58.7 Å². The first-order valence-corrected chi connectivity index (χ1v) is 10.9. The average Bonchev–Trinajstić information content (AvgIpc) is 2.75. The van der Waals surface area contributed by atoms with Gasteiger partial charge >= 0.3 is 0 Å². The smallest absolute Gasteiger partial charge is 0.263 e. The van der Waals surface area contributed by atoms with Gasteiger partial charge in [-0.05, 0) is 80.8 Å². The van der Waals surface area contributed by atoms with Gasteiger partial charge in [0.15, 0.2) is 6.10 Å². The van der Waals surface area contributed by atoms with Crippen LogP contribution < -0.4 is 9.64 Å². The molecule has 1 amide bonds. The summed E-state index contributed by atoms with van der Waals surface area (Å²) < 4.78 is 6.17. The fourth-order valence-corrected chi connectivity index (χ4v) is 4.60. The van der Waals surface area contributed by atoms with Gasteiger partial charge in [0.05, 0.1) is 0 Å². The van der Waals surface area contributed by atoms with Crippen LogP contribution in [0.15, 0.2) is 36.4 Å². The van der Waals surface area contributed by atoms with Crippen LogP contribution in [0.2, 0.25) is 0 Å². The van der Waals surface area contributed by atoms with Crippen molar-refractivity contribution in [2.75, 3.05) is 31.1 Å². The van der Waals surface area contributed by atoms with Crippen LogP contribution in [0.1, 0.15) is 42.0 Å². The number of amides is 1. The molecule has 4 heteroatoms. The summed E-state index contributed by atoms with van der Waals surface area (Å²) in [6.45, 7) is 9.44. The van der Waals surface area contributed by atoms with E-state index in [-0.39, 0.29) is 5.91 Å². The predicted molar refractivity (Wildman–Crippen MR) is 118 cm³/mol. The van der Waals surface area contributed by atoms with Crippen LogP contribution in [0.25, 0.3) is 0 Å². The summed E-state index contributed by atoms with van der Waals surface area (Å²) in [6, 6.07) is 12.7. The Morgan fingerprint density at radius 3 is 2.48 bits per heavy atom. The molecular weight excluding hydrogens is 360 g/mol. The van der Waals surface area contributed by atoms with E-state index < -0.39 is 6.10 Å². The molecule has 1 saturated heterocycles. The summed E-state index contributed by atoms with van der Waals surface area (Å²) in [5.41, 5.74) is 6.62. The molecule has 0 bridgehead atoms. The molecule has 1 heterocycles. The Bertz CT molecular complexity index is 884. The third-order valence-electron chi connectivity index (χ3n) is 6.51. The minimum Gasteiger partial charge on any atom is -0.481 e. The highest BCUT2D eigenvalue weighted by Gasteiger charge is 2.27. The van der Waals surface area contributed by atoms with E-state index in [9.17, 15) is 4.79 Å². The normalized spacial score (nSPS) is 17.6. The molecule has 1 aliphatic heterocycles. The van der Waals surface area contributed by atoms with Crippen LogP contribution in [0.4, 0.5) is 5.69 Å². The molecule has 4 rings (SSSR count). The molecule has 1 aliphatic carbocycles. The number of hydrogen-bond donors (Lipinski definition) is 0. The monoisotopic (exact) mass is 392 g/mol. The van der Waals surface area contributed by atoms with Crippen molar-refractivity contribution >= 4 is 11.6 Å². The number of piperazine rings is 1. The van der Waals surface area contributed by atoms with Crippen molar-refractivity contribution in [3.8, 4) is 5.75 Å². The summed E-state index contributed by atoms with van der Waals surface area (Å²) in [7, 11) is 0. The molecule has 0 unspecified atom stereocenters. The lowest BCUT2D eigenvalue weighted by Gasteiger charge is -2.38. The lowest BCUT2D eigenvalue weighted by Crippen LogP contribution is -2.52. The van der Waals surface area contributed by atoms with E-state index in [0.29, 0.717) is 0 Å². The second kappa shape index (κ2) is 8.48. The van der Waals surface area contributed by atoms with Gasteiger partial charge < -0.3 is 14.5 Å². The lowest BCUT2D eigenvalue weighted by atomic mass is 9.91. The summed E-state index contributed by atoms with van der Waals surface area (Å²) >= 11 is 0. The molecule has 0 aromatic heterocycles. The maximum Gasteiger partial charge on any atom is 0.263 e. The summed E-state index contributed by atoms with van der Waals surface area (Å²) in [6.07, 6.45) is 4.18. The molecule has 154 valence electrons. The van der Waals surface area contributed by atoms with E-state index in [1.165, 1.54) is 40.8 Å². The van der Waals surface area contributed by atoms with E-state index in [2.05, 4.69) is 49.1 Å². The molecule has 29 heavy (non-hydrogen) atoms. The van der Waals surface area contributed by atoms with Gasteiger partial charge in [-0.15, -0.1) is 0 Å². The number of hydrogen-bond acceptors (Lipinski definition) is 3. The van der Waals surface area contributed by atoms with Gasteiger partial charge in [0.2, 0.25) is 0 Å². The highest BCUT2D eigenvalue weighted by atomic mass is 16.5. The zero-order valence-electron chi connectivity index (χ0n) is 17.9. The standard InChI is InChI=1S/C25H32N2O2/c1-18-8-6-12-23(19(18)2)26-14-16-27(17-15-26)25(28)20(3)29-24-13-7-10-21-9-4-5-11-22(21)24/h6-8,10,12-13,20H,4-5,9,11,14-17H2,1-3H3/t20-/m0/s1. The molecule has 2 aromatic rings. The fourth-order valence-electron chi connectivity index (χ4n) is 4.60. The SMILES string of the molecule is Cc1cccc(N2CCN(C(=O)[C@H](C)Oc3cccc4c3CCCC4)CC2)c1C. The number of aryl methyl sites for hydroxylation is 2. The van der Waals surface area contributed by atoms with Crippen LogP contribution in [-0.2, 0) is 17.6 Å². The third kappa shape index (κ3) is 4.12. The summed E-state index contributed by atoms with van der Waals surface area (Å²) in [5, 5.41) is 0. The second-order valence-corrected chi connectivity index (χ2v) is 8.39. The van der Waals surface area contributed by atoms with Gasteiger partial charge in [-0.1, -0.05) is 24.3 Å². The predicted octanol–water partition coefficient (Wildman–Crippen LogP) is 4.30. The quantitative estimate of drug-likeness (QED) is 0.778. The first-order chi connectivity index (χ1) is 14.0. The average molecular weight is 393 g/mol. The van der Waals surface area contributed by atoms with Crippen LogP contribution in [-0.4, -0.2) is 43.1 Å². The van der Waals surface area contributed by atoms with E-state index in [1.807, 2.05) is 17.9 Å². The molecular formula is C25H32N2O2. The Hall–Kier alpha value is -2.49. The topological polar surface area (TPSA) is 32.8 Å². The Morgan fingerprint density at radius 1 is 0.966 bits per heavy atom. The number of rotatable bonds is 4. The molecule has 0 spiro atoms. The molecule has 0 N–H and O–H groups in total. The largest absolute Gasteiger partial charge is 0.481 e. The Morgan fingerprint density at radius 2 is 1.69 bits per heavy atom. The number of benzene rings is 2. The Balaban J connectivity index is 1.38. The molecule has 1 fully saturated rings. The zero-order chi connectivity index (χ0) is 20.4. The van der Waals surface area contributed by atoms with Gasteiger partial charge in [0.25, 0.3) is 5.91 Å². The fraction of sp³-hybridized carbons (Fsp3) is 0.480. The van der Waals surface area contributed by atoms with Crippen molar-refractivity contribution in [3.63, 3.8) is 0 Å². The van der Waals surface area contributed by atoms with Crippen molar-refractivity contribution in [2.45, 2.75) is 52.6 Å². The van der Waals surface area contributed by atoms with Crippen molar-refractivity contribution in [1.82, 2.24) is 4.90 Å². The van der Waals surface area contributed by atoms with Gasteiger partial charge in [0, 0.05) is 31.9 Å². The van der Waals surface area contributed by atoms with Crippen molar-refractivity contribution in [1.29, 1.82) is 0 Å². The molecule has 0 radical (unpaired) electrons. The van der Waals surface area contributed by atoms with Crippen molar-refractivity contribution in [2.24, 2.45) is 0 Å². The first kappa shape index (κ1) is 19.8. The number of fused-ring (bicyclic) bond motifs is 1. The second-order valence-electron chi connectivity index (χ2n) is 8.39. The van der Waals surface area contributed by atoms with Crippen LogP contribution in [0.5, 0.6) is 5.75 Å². The van der Waals surface area contributed by atoms with E-state index in [4.69, 9.17) is 4.74 Å². The number of carbonyl (C=O) groups is 1. The highest BCUT2D eigenvalue weighted by Crippen LogP contribution is 2.30. The van der Waals surface area contributed by atoms with Crippen LogP contribution in [0.3, 0.4) is 0 Å². The van der Waals surface area contributed by atoms with E-state index >= 15 is 0 Å². The van der Waals surface area contributed by atoms with Crippen molar-refractivity contribution < 1.29 is 9.53 Å². The summed E-state index contributed by atoms with van der Waals surface area (Å²) in [4.78, 5) is 17.4. The maximum absolute atomic E-state index is 13.0. The minimum atomic E-state index is -0.448. The lowest BCUT2D eigenvalue weighted by molar-refractivity contribution is -0.138. The van der Waals surface area contributed by atoms with Gasteiger partial charge in [0.1, 0.15) is 5.75 Å². The summed E-state index contributed by atoms with van der Waals surface area (Å²) in [5.74, 6) is 0.996. The van der Waals surface area contributed by atoms with Gasteiger partial charge in [-0.3, -0.25) is 4.79 Å². The number of anilines is 1. The Kier molecular flexibility index (Phi) is 5.79. The molecule has 2 aromatic carbocycles. The third-order valence-corrected chi connectivity index (χ3v) is 6.51. The van der Waals surface area contributed by atoms with E-state index in [1.54, 1.807) is 0 Å². The van der Waals surface area contributed by atoms with Gasteiger partial charge in [-0.2, -0.15) is 0 Å². The molecule has 4 nitrogen and oxygen atoms in total. The number of carbonyl (C=O) groups excluding carboxylic acids is 1. The molecule has 0 saturated carbocycles. The molecule has 1 atom stereocenters. The number of ether oxygens (including phenoxy) is 1. The zero-order valence-corrected chi connectivity index (χ0v) is 17.9. The van der Waals surface area contributed by atoms with Crippen LogP contribution in [0, 0.1) is 13.8 Å². The first-order valence-electron chi connectivity index (χ1n) is 10.9. The highest BCUT2D eigenvalue weighted by molar-refractivity contribution is 5.81. The van der Waals surface area contributed by atoms with Gasteiger partial charge in [-0.25, -0.2) is 0 Å². The van der Waals surface area contributed by atoms with Crippen LogP contribution >= 0.6 is 0 Å². The minimum absolute atomic E-state index is 0.0963. The number of nitrogens with zero attached hydrogens (tertiary/aromatic N) is 2. The maximum atomic E-state index is 13.0.